The van der Waals surface area contributed by atoms with Crippen molar-refractivity contribution in [2.24, 2.45) is 17.6 Å². The molecule has 3 atom stereocenters. The number of nitrogens with two attached hydrogens (primary N) is 1. The lowest BCUT2D eigenvalue weighted by molar-refractivity contribution is -0.161. The van der Waals surface area contributed by atoms with Crippen LogP contribution in [0.3, 0.4) is 0 Å². The second-order valence-electron chi connectivity index (χ2n) is 10.5. The van der Waals surface area contributed by atoms with Crippen molar-refractivity contribution in [3.8, 4) is 0 Å². The van der Waals surface area contributed by atoms with Gasteiger partial charge in [-0.25, -0.2) is 0 Å². The van der Waals surface area contributed by atoms with Gasteiger partial charge in [-0.1, -0.05) is 58.0 Å². The molecule has 2 rings (SSSR count). The minimum absolute atomic E-state index is 0.157. The molecule has 0 radical (unpaired) electrons. The Bertz CT molecular complexity index is 1110. The van der Waals surface area contributed by atoms with Crippen LogP contribution < -0.4 is 21.7 Å². The number of ketones is 1. The fourth-order valence-electron chi connectivity index (χ4n) is 4.36. The third-order valence-corrected chi connectivity index (χ3v) is 6.56. The molecule has 220 valence electrons. The number of Topliss-reactive ketones (excluding diaryl/α,β-unsaturated/α-hetero) is 1. The number of halogens is 2. The molecule has 0 saturated carbocycles. The number of carbonyl (C=O) groups is 6. The van der Waals surface area contributed by atoms with Gasteiger partial charge in [0.15, 0.2) is 0 Å². The van der Waals surface area contributed by atoms with Crippen molar-refractivity contribution in [3.05, 3.63) is 35.9 Å². The molecule has 1 aromatic rings. The van der Waals surface area contributed by atoms with Gasteiger partial charge in [0, 0.05) is 13.1 Å². The van der Waals surface area contributed by atoms with Gasteiger partial charge < -0.3 is 26.6 Å². The van der Waals surface area contributed by atoms with Crippen LogP contribution in [0.4, 0.5) is 8.78 Å². The van der Waals surface area contributed by atoms with Crippen molar-refractivity contribution < 1.29 is 37.5 Å². The van der Waals surface area contributed by atoms with E-state index in [0.29, 0.717) is 12.0 Å². The number of hydrogen-bond acceptors (Lipinski definition) is 6. The topological polar surface area (TPSA) is 168 Å². The van der Waals surface area contributed by atoms with Crippen LogP contribution in [0.2, 0.25) is 0 Å². The summed E-state index contributed by atoms with van der Waals surface area (Å²) in [5.74, 6) is -12.2. The second-order valence-corrected chi connectivity index (χ2v) is 10.5. The Morgan fingerprint density at radius 3 is 2.12 bits per heavy atom. The predicted molar refractivity (Wildman–Crippen MR) is 140 cm³/mol. The normalized spacial score (nSPS) is 16.8. The highest BCUT2D eigenvalue weighted by molar-refractivity contribution is 6.10. The summed E-state index contributed by atoms with van der Waals surface area (Å²) in [5.41, 5.74) is 5.60. The molecule has 11 nitrogen and oxygen atoms in total. The molecule has 1 aromatic carbocycles. The molecule has 0 spiro atoms. The summed E-state index contributed by atoms with van der Waals surface area (Å²) in [7, 11) is 0. The van der Waals surface area contributed by atoms with Gasteiger partial charge in [-0.3, -0.25) is 28.8 Å². The van der Waals surface area contributed by atoms with Crippen LogP contribution >= 0.6 is 0 Å². The number of hydrogen-bond donors (Lipinski definition) is 4. The van der Waals surface area contributed by atoms with Crippen molar-refractivity contribution in [1.29, 1.82) is 0 Å². The molecule has 0 bridgehead atoms. The van der Waals surface area contributed by atoms with E-state index in [0.717, 1.165) is 0 Å². The maximum Gasteiger partial charge on any atom is 0.383 e. The average molecular weight is 566 g/mol. The van der Waals surface area contributed by atoms with Crippen LogP contribution in [0, 0.1) is 11.8 Å². The lowest BCUT2D eigenvalue weighted by atomic mass is 9.94. The van der Waals surface area contributed by atoms with Gasteiger partial charge in [0.25, 0.3) is 5.91 Å². The summed E-state index contributed by atoms with van der Waals surface area (Å²) < 4.78 is 29.8. The van der Waals surface area contributed by atoms with Gasteiger partial charge in [-0.05, 0) is 30.2 Å². The molecule has 1 aliphatic heterocycles. The minimum atomic E-state index is -4.42. The summed E-state index contributed by atoms with van der Waals surface area (Å²) in [6.07, 6.45) is -0.00146. The highest BCUT2D eigenvalue weighted by atomic mass is 19.3. The highest BCUT2D eigenvalue weighted by Crippen LogP contribution is 2.24. The van der Waals surface area contributed by atoms with Crippen LogP contribution in [-0.2, 0) is 35.3 Å². The SMILES string of the molecule is CC(C)C(NC(=O)C1CCCN1C(=O)[C@@H](NC(=O)CC(N)=O)C(C)C)C(=O)C(F)(F)C(=O)NCc1ccccc1. The Balaban J connectivity index is 2.14. The van der Waals surface area contributed by atoms with Crippen molar-refractivity contribution in [1.82, 2.24) is 20.9 Å². The van der Waals surface area contributed by atoms with Crippen molar-refractivity contribution >= 4 is 35.3 Å². The van der Waals surface area contributed by atoms with Crippen LogP contribution in [-0.4, -0.2) is 70.8 Å². The standard InChI is InChI=1S/C27H37F2N5O6/c1-15(2)21(23(37)27(28,29)26(40)31-14-17-9-6-5-7-10-17)33-24(38)18-11-8-12-34(18)25(39)22(16(3)4)32-20(36)13-19(30)35/h5-7,9-10,15-16,18,21-22H,8,11-14H2,1-4H3,(H2,30,35)(H,31,40)(H,32,36)(H,33,38)/t18?,21?,22-/m0/s1. The first-order valence-corrected chi connectivity index (χ1v) is 13.1. The van der Waals surface area contributed by atoms with E-state index in [-0.39, 0.29) is 19.5 Å². The van der Waals surface area contributed by atoms with Crippen LogP contribution in [0.1, 0.15) is 52.5 Å². The number of nitrogens with one attached hydrogen (secondary N) is 3. The Morgan fingerprint density at radius 1 is 0.975 bits per heavy atom. The van der Waals surface area contributed by atoms with Gasteiger partial charge in [0.05, 0.1) is 6.04 Å². The molecule has 40 heavy (non-hydrogen) atoms. The van der Waals surface area contributed by atoms with Crippen molar-refractivity contribution in [2.45, 2.75) is 77.6 Å². The molecule has 1 fully saturated rings. The van der Waals surface area contributed by atoms with Crippen LogP contribution in [0.15, 0.2) is 30.3 Å². The third-order valence-electron chi connectivity index (χ3n) is 6.56. The molecule has 2 unspecified atom stereocenters. The number of amides is 5. The molecule has 1 saturated heterocycles. The van der Waals surface area contributed by atoms with E-state index < -0.39 is 77.6 Å². The van der Waals surface area contributed by atoms with Gasteiger partial charge in [0.1, 0.15) is 18.5 Å². The quantitative estimate of drug-likeness (QED) is 0.256. The van der Waals surface area contributed by atoms with E-state index in [1.54, 1.807) is 44.2 Å². The number of likely N-dealkylation sites (tertiary alicyclic amines) is 1. The van der Waals surface area contributed by atoms with E-state index >= 15 is 0 Å². The largest absolute Gasteiger partial charge is 0.383 e. The van der Waals surface area contributed by atoms with Crippen molar-refractivity contribution in [2.75, 3.05) is 6.54 Å². The maximum absolute atomic E-state index is 14.9. The fraction of sp³-hybridized carbons (Fsp3) is 0.556. The smallest absolute Gasteiger partial charge is 0.369 e. The number of primary amides is 1. The zero-order chi connectivity index (χ0) is 30.2. The van der Waals surface area contributed by atoms with E-state index in [2.05, 4.69) is 16.0 Å². The molecule has 1 heterocycles. The lowest BCUT2D eigenvalue weighted by Gasteiger charge is -2.32. The molecule has 0 aliphatic carbocycles. The van der Waals surface area contributed by atoms with E-state index in [4.69, 9.17) is 5.73 Å². The lowest BCUT2D eigenvalue weighted by Crippen LogP contribution is -2.60. The monoisotopic (exact) mass is 565 g/mol. The Morgan fingerprint density at radius 2 is 1.57 bits per heavy atom. The molecular weight excluding hydrogens is 528 g/mol. The summed E-state index contributed by atoms with van der Waals surface area (Å²) in [6, 6.07) is 4.45. The van der Waals surface area contributed by atoms with Gasteiger partial charge >= 0.3 is 5.92 Å². The summed E-state index contributed by atoms with van der Waals surface area (Å²) >= 11 is 0. The number of benzene rings is 1. The second kappa shape index (κ2) is 13.9. The highest BCUT2D eigenvalue weighted by Gasteiger charge is 2.51. The summed E-state index contributed by atoms with van der Waals surface area (Å²) in [4.78, 5) is 76.0. The van der Waals surface area contributed by atoms with E-state index in [1.807, 2.05) is 0 Å². The molecule has 0 aromatic heterocycles. The van der Waals surface area contributed by atoms with Crippen LogP contribution in [0.5, 0.6) is 0 Å². The number of nitrogens with zero attached hydrogens (tertiary/aromatic N) is 1. The van der Waals surface area contributed by atoms with Gasteiger partial charge in [-0.15, -0.1) is 0 Å². The van der Waals surface area contributed by atoms with E-state index in [9.17, 15) is 37.5 Å². The molecule has 13 heteroatoms. The molecule has 5 N–H and O–H groups in total. The Kier molecular flexibility index (Phi) is 11.3. The van der Waals surface area contributed by atoms with Gasteiger partial charge in [-0.2, -0.15) is 8.78 Å². The minimum Gasteiger partial charge on any atom is -0.369 e. The van der Waals surface area contributed by atoms with Crippen molar-refractivity contribution in [3.63, 3.8) is 0 Å². The summed E-state index contributed by atoms with van der Waals surface area (Å²) in [5, 5.41) is 6.83. The van der Waals surface area contributed by atoms with Gasteiger partial charge in [0.2, 0.25) is 29.4 Å². The Labute approximate surface area is 231 Å². The first kappa shape index (κ1) is 32.3. The number of rotatable bonds is 13. The van der Waals surface area contributed by atoms with Crippen LogP contribution in [0.25, 0.3) is 0 Å². The molecule has 5 amide bonds. The molecule has 1 aliphatic rings. The average Bonchev–Trinajstić information content (AvgIpc) is 3.38. The maximum atomic E-state index is 14.9. The first-order valence-electron chi connectivity index (χ1n) is 13.1. The predicted octanol–water partition coefficient (Wildman–Crippen LogP) is 0.655. The van der Waals surface area contributed by atoms with E-state index in [1.165, 1.54) is 18.7 Å². The zero-order valence-corrected chi connectivity index (χ0v) is 23.0. The fourth-order valence-corrected chi connectivity index (χ4v) is 4.36. The summed E-state index contributed by atoms with van der Waals surface area (Å²) in [6.45, 7) is 6.16. The zero-order valence-electron chi connectivity index (χ0n) is 23.0. The first-order chi connectivity index (χ1) is 18.7. The Hall–Kier alpha value is -3.90. The molecular formula is C27H37F2N5O6. The number of alkyl halides is 2. The third kappa shape index (κ3) is 8.30. The number of carbonyl (C=O) groups excluding carboxylic acids is 6.